The molecule has 1 rings (SSSR count). The smallest absolute Gasteiger partial charge is 0.132 e. The van der Waals surface area contributed by atoms with Crippen LogP contribution in [0.5, 0.6) is 0 Å². The van der Waals surface area contributed by atoms with Crippen molar-refractivity contribution in [3.05, 3.63) is 34.1 Å². The lowest BCUT2D eigenvalue weighted by atomic mass is 10.00. The van der Waals surface area contributed by atoms with Gasteiger partial charge in [0.1, 0.15) is 5.82 Å². The Morgan fingerprint density at radius 1 is 1.50 bits per heavy atom. The number of aliphatic hydroxyl groups is 1. The summed E-state index contributed by atoms with van der Waals surface area (Å²) >= 11 is 5.89. The molecule has 0 heterocycles. The third-order valence-electron chi connectivity index (χ3n) is 2.36. The second kappa shape index (κ2) is 7.07. The maximum absolute atomic E-state index is 13.7. The number of halogens is 3. The minimum Gasteiger partial charge on any atom is -0.396 e. The van der Waals surface area contributed by atoms with Crippen molar-refractivity contribution in [1.82, 2.24) is 0 Å². The molecule has 0 spiro atoms. The molecule has 0 amide bonds. The molecule has 0 radical (unpaired) electrons. The summed E-state index contributed by atoms with van der Waals surface area (Å²) in [6.45, 7) is 1.73. The highest BCUT2D eigenvalue weighted by molar-refractivity contribution is 6.31. The zero-order valence-electron chi connectivity index (χ0n) is 9.04. The van der Waals surface area contributed by atoms with Gasteiger partial charge in [-0.2, -0.15) is 0 Å². The Bertz CT molecular complexity index is 347. The molecule has 0 saturated heterocycles. The third-order valence-corrected chi connectivity index (χ3v) is 2.69. The maximum Gasteiger partial charge on any atom is 0.132 e. The monoisotopic (exact) mass is 267 g/mol. The van der Waals surface area contributed by atoms with Crippen molar-refractivity contribution in [2.24, 2.45) is 5.73 Å². The molecule has 5 heteroatoms. The first-order valence-corrected chi connectivity index (χ1v) is 5.26. The van der Waals surface area contributed by atoms with Crippen LogP contribution in [0.3, 0.4) is 0 Å². The number of aryl methyl sites for hydroxylation is 1. The number of nitrogens with two attached hydrogens (primary N) is 1. The Balaban J connectivity index is 0.00000225. The highest BCUT2D eigenvalue weighted by atomic mass is 35.5. The Morgan fingerprint density at radius 3 is 2.69 bits per heavy atom. The Hall–Kier alpha value is -0.350. The summed E-state index contributed by atoms with van der Waals surface area (Å²) in [5.41, 5.74) is 6.70. The van der Waals surface area contributed by atoms with Gasteiger partial charge in [-0.15, -0.1) is 12.4 Å². The predicted octanol–water partition coefficient (Wildman–Crippen LogP) is 2.98. The van der Waals surface area contributed by atoms with Crippen LogP contribution in [0.25, 0.3) is 0 Å². The van der Waals surface area contributed by atoms with Gasteiger partial charge >= 0.3 is 0 Å². The quantitative estimate of drug-likeness (QED) is 0.881. The van der Waals surface area contributed by atoms with Crippen molar-refractivity contribution >= 4 is 24.0 Å². The predicted molar refractivity (Wildman–Crippen MR) is 66.6 cm³/mol. The van der Waals surface area contributed by atoms with Crippen LogP contribution >= 0.6 is 24.0 Å². The van der Waals surface area contributed by atoms with E-state index in [1.165, 1.54) is 0 Å². The van der Waals surface area contributed by atoms with E-state index in [1.54, 1.807) is 19.1 Å². The molecule has 0 aliphatic rings. The van der Waals surface area contributed by atoms with Gasteiger partial charge in [0.25, 0.3) is 0 Å². The maximum atomic E-state index is 13.7. The summed E-state index contributed by atoms with van der Waals surface area (Å²) in [6, 6.07) is 2.82. The Kier molecular flexibility index (Phi) is 6.91. The molecule has 2 nitrogen and oxygen atoms in total. The van der Waals surface area contributed by atoms with E-state index < -0.39 is 6.04 Å². The molecule has 16 heavy (non-hydrogen) atoms. The summed E-state index contributed by atoms with van der Waals surface area (Å²) in [4.78, 5) is 0. The molecule has 1 aromatic carbocycles. The molecule has 0 unspecified atom stereocenters. The lowest BCUT2D eigenvalue weighted by molar-refractivity contribution is 0.279. The molecule has 3 N–H and O–H groups in total. The lowest BCUT2D eigenvalue weighted by Gasteiger charge is -2.15. The van der Waals surface area contributed by atoms with Crippen LogP contribution in [0, 0.1) is 12.7 Å². The van der Waals surface area contributed by atoms with E-state index in [0.29, 0.717) is 29.0 Å². The number of hydrogen-bond donors (Lipinski definition) is 2. The van der Waals surface area contributed by atoms with E-state index in [-0.39, 0.29) is 24.8 Å². The van der Waals surface area contributed by atoms with Crippen LogP contribution in [0.2, 0.25) is 5.02 Å². The number of benzene rings is 1. The topological polar surface area (TPSA) is 46.2 Å². The van der Waals surface area contributed by atoms with Crippen molar-refractivity contribution in [2.75, 3.05) is 6.61 Å². The average molecular weight is 268 g/mol. The fraction of sp³-hybridized carbons (Fsp3) is 0.455. The molecule has 0 aromatic heterocycles. The van der Waals surface area contributed by atoms with Crippen molar-refractivity contribution in [3.8, 4) is 0 Å². The first-order chi connectivity index (χ1) is 7.07. The summed E-state index contributed by atoms with van der Waals surface area (Å²) in [5, 5.41) is 9.02. The van der Waals surface area contributed by atoms with Crippen molar-refractivity contribution < 1.29 is 9.50 Å². The summed E-state index contributed by atoms with van der Waals surface area (Å²) in [7, 11) is 0. The third kappa shape index (κ3) is 3.59. The highest BCUT2D eigenvalue weighted by Crippen LogP contribution is 2.28. The first-order valence-electron chi connectivity index (χ1n) is 4.89. The normalized spacial score (nSPS) is 12.1. The average Bonchev–Trinajstić information content (AvgIpc) is 2.21. The second-order valence-corrected chi connectivity index (χ2v) is 3.97. The van der Waals surface area contributed by atoms with E-state index in [2.05, 4.69) is 0 Å². The molecular formula is C11H16Cl2FNO. The minimum atomic E-state index is -0.454. The highest BCUT2D eigenvalue weighted by Gasteiger charge is 2.16. The lowest BCUT2D eigenvalue weighted by Crippen LogP contribution is -2.14. The van der Waals surface area contributed by atoms with Gasteiger partial charge in [-0.1, -0.05) is 17.7 Å². The Morgan fingerprint density at radius 2 is 2.12 bits per heavy atom. The van der Waals surface area contributed by atoms with Gasteiger partial charge in [0.15, 0.2) is 0 Å². The molecule has 0 saturated carbocycles. The van der Waals surface area contributed by atoms with E-state index >= 15 is 0 Å². The van der Waals surface area contributed by atoms with E-state index in [1.807, 2.05) is 0 Å². The van der Waals surface area contributed by atoms with E-state index in [0.717, 1.165) is 0 Å². The summed E-state index contributed by atoms with van der Waals surface area (Å²) in [5.74, 6) is -0.340. The zero-order valence-corrected chi connectivity index (χ0v) is 10.6. The number of hydrogen-bond acceptors (Lipinski definition) is 2. The van der Waals surface area contributed by atoms with Crippen molar-refractivity contribution in [1.29, 1.82) is 0 Å². The zero-order chi connectivity index (χ0) is 11.4. The van der Waals surface area contributed by atoms with Crippen molar-refractivity contribution in [2.45, 2.75) is 25.8 Å². The largest absolute Gasteiger partial charge is 0.396 e. The van der Waals surface area contributed by atoms with Gasteiger partial charge < -0.3 is 10.8 Å². The second-order valence-electron chi connectivity index (χ2n) is 3.56. The summed E-state index contributed by atoms with van der Waals surface area (Å²) in [6.07, 6.45) is 1.07. The minimum absolute atomic E-state index is 0. The summed E-state index contributed by atoms with van der Waals surface area (Å²) < 4.78 is 13.7. The number of rotatable bonds is 4. The molecule has 1 aromatic rings. The Labute approximate surface area is 106 Å². The van der Waals surface area contributed by atoms with Crippen LogP contribution in [0.4, 0.5) is 4.39 Å². The van der Waals surface area contributed by atoms with Crippen LogP contribution in [-0.4, -0.2) is 11.7 Å². The molecule has 1 atom stereocenters. The SMILES string of the molecule is Cc1ccc(Cl)c([C@@H](N)CCCO)c1F.Cl. The molecule has 0 aliphatic carbocycles. The van der Waals surface area contributed by atoms with Gasteiger partial charge in [0, 0.05) is 23.2 Å². The first kappa shape index (κ1) is 15.7. The van der Waals surface area contributed by atoms with E-state index in [9.17, 15) is 4.39 Å². The van der Waals surface area contributed by atoms with Crippen LogP contribution in [0.15, 0.2) is 12.1 Å². The van der Waals surface area contributed by atoms with Crippen LogP contribution < -0.4 is 5.73 Å². The number of aliphatic hydroxyl groups excluding tert-OH is 1. The van der Waals surface area contributed by atoms with Crippen LogP contribution in [0.1, 0.15) is 30.0 Å². The van der Waals surface area contributed by atoms with Gasteiger partial charge in [0.05, 0.1) is 0 Å². The van der Waals surface area contributed by atoms with Gasteiger partial charge in [0.2, 0.25) is 0 Å². The fourth-order valence-electron chi connectivity index (χ4n) is 1.47. The fourth-order valence-corrected chi connectivity index (χ4v) is 1.76. The van der Waals surface area contributed by atoms with Crippen molar-refractivity contribution in [3.63, 3.8) is 0 Å². The molecule has 92 valence electrons. The molecule has 0 aliphatic heterocycles. The van der Waals surface area contributed by atoms with Gasteiger partial charge in [-0.3, -0.25) is 0 Å². The van der Waals surface area contributed by atoms with Crippen LogP contribution in [-0.2, 0) is 0 Å². The molecule has 0 fully saturated rings. The molecule has 0 bridgehead atoms. The van der Waals surface area contributed by atoms with Gasteiger partial charge in [-0.05, 0) is 31.4 Å². The molecular weight excluding hydrogens is 252 g/mol. The standard InChI is InChI=1S/C11H15ClFNO.ClH/c1-7-4-5-8(12)10(11(7)13)9(14)3-2-6-15;/h4-5,9,15H,2-3,6,14H2,1H3;1H/t9-;/m0./s1. The van der Waals surface area contributed by atoms with Gasteiger partial charge in [-0.25, -0.2) is 4.39 Å². The van der Waals surface area contributed by atoms with E-state index in [4.69, 9.17) is 22.4 Å².